The van der Waals surface area contributed by atoms with Gasteiger partial charge in [-0.3, -0.25) is 14.9 Å². The van der Waals surface area contributed by atoms with Gasteiger partial charge in [-0.05, 0) is 39.0 Å². The van der Waals surface area contributed by atoms with E-state index in [1.165, 1.54) is 24.3 Å². The first-order chi connectivity index (χ1) is 11.8. The van der Waals surface area contributed by atoms with Gasteiger partial charge in [0.15, 0.2) is 6.61 Å². The Morgan fingerprint density at radius 3 is 2.48 bits per heavy atom. The SMILES string of the molecule is COCC(C)n1c(C)cc(C(=O)COc2ccc([N+](=O)[O-])cc2)c1C. The summed E-state index contributed by atoms with van der Waals surface area (Å²) in [6.45, 7) is 6.32. The van der Waals surface area contributed by atoms with Gasteiger partial charge in [0.25, 0.3) is 5.69 Å². The summed E-state index contributed by atoms with van der Waals surface area (Å²) < 4.78 is 12.7. The summed E-state index contributed by atoms with van der Waals surface area (Å²) in [5.41, 5.74) is 2.46. The average molecular weight is 346 g/mol. The van der Waals surface area contributed by atoms with E-state index in [-0.39, 0.29) is 24.1 Å². The van der Waals surface area contributed by atoms with Crippen LogP contribution in [-0.2, 0) is 4.74 Å². The van der Waals surface area contributed by atoms with E-state index < -0.39 is 4.92 Å². The summed E-state index contributed by atoms with van der Waals surface area (Å²) in [7, 11) is 1.65. The van der Waals surface area contributed by atoms with Gasteiger partial charge in [-0.2, -0.15) is 0 Å². The molecular formula is C18H22N2O5. The Bertz CT molecular complexity index is 765. The van der Waals surface area contributed by atoms with Crippen LogP contribution in [0.3, 0.4) is 0 Å². The van der Waals surface area contributed by atoms with Crippen molar-refractivity contribution >= 4 is 11.5 Å². The predicted octanol–water partition coefficient (Wildman–Crippen LogP) is 3.48. The normalized spacial score (nSPS) is 12.0. The number of hydrogen-bond donors (Lipinski definition) is 0. The minimum Gasteiger partial charge on any atom is -0.485 e. The fourth-order valence-corrected chi connectivity index (χ4v) is 2.94. The van der Waals surface area contributed by atoms with Gasteiger partial charge in [-0.15, -0.1) is 0 Å². The third kappa shape index (κ3) is 4.24. The summed E-state index contributed by atoms with van der Waals surface area (Å²) in [5.74, 6) is 0.280. The summed E-state index contributed by atoms with van der Waals surface area (Å²) in [6, 6.07) is 7.63. The number of ether oxygens (including phenoxy) is 2. The van der Waals surface area contributed by atoms with Crippen molar-refractivity contribution in [2.75, 3.05) is 20.3 Å². The van der Waals surface area contributed by atoms with Crippen molar-refractivity contribution in [2.24, 2.45) is 0 Å². The maximum absolute atomic E-state index is 12.5. The Morgan fingerprint density at radius 1 is 1.28 bits per heavy atom. The number of carbonyl (C=O) groups excluding carboxylic acids is 1. The zero-order chi connectivity index (χ0) is 18.6. The first-order valence-electron chi connectivity index (χ1n) is 7.93. The van der Waals surface area contributed by atoms with E-state index in [0.29, 0.717) is 17.9 Å². The van der Waals surface area contributed by atoms with Crippen LogP contribution >= 0.6 is 0 Å². The van der Waals surface area contributed by atoms with E-state index in [2.05, 4.69) is 4.57 Å². The molecule has 0 aliphatic rings. The fourth-order valence-electron chi connectivity index (χ4n) is 2.94. The molecule has 134 valence electrons. The number of nitro groups is 1. The van der Waals surface area contributed by atoms with Gasteiger partial charge >= 0.3 is 0 Å². The van der Waals surface area contributed by atoms with E-state index in [0.717, 1.165) is 11.4 Å². The summed E-state index contributed by atoms with van der Waals surface area (Å²) in [5, 5.41) is 10.6. The molecular weight excluding hydrogens is 324 g/mol. The lowest BCUT2D eigenvalue weighted by Crippen LogP contribution is -2.16. The van der Waals surface area contributed by atoms with Gasteiger partial charge in [-0.1, -0.05) is 0 Å². The fraction of sp³-hybridized carbons (Fsp3) is 0.389. The van der Waals surface area contributed by atoms with Crippen molar-refractivity contribution in [2.45, 2.75) is 26.8 Å². The lowest BCUT2D eigenvalue weighted by molar-refractivity contribution is -0.384. The van der Waals surface area contributed by atoms with Crippen molar-refractivity contribution in [3.63, 3.8) is 0 Å². The number of aromatic nitrogens is 1. The third-order valence-electron chi connectivity index (χ3n) is 4.05. The molecule has 0 fully saturated rings. The molecule has 1 aromatic heterocycles. The number of non-ortho nitro benzene ring substituents is 1. The Morgan fingerprint density at radius 2 is 1.92 bits per heavy atom. The number of aryl methyl sites for hydroxylation is 1. The molecule has 25 heavy (non-hydrogen) atoms. The van der Waals surface area contributed by atoms with Crippen LogP contribution in [0.2, 0.25) is 0 Å². The standard InChI is InChI=1S/C18H22N2O5/c1-12-9-17(14(3)19(12)13(2)10-24-4)18(21)11-25-16-7-5-15(6-8-16)20(22)23/h5-9,13H,10-11H2,1-4H3. The molecule has 0 radical (unpaired) electrons. The van der Waals surface area contributed by atoms with Crippen molar-refractivity contribution < 1.29 is 19.2 Å². The molecule has 0 aliphatic heterocycles. The number of ketones is 1. The number of hydrogen-bond acceptors (Lipinski definition) is 5. The lowest BCUT2D eigenvalue weighted by atomic mass is 10.1. The van der Waals surface area contributed by atoms with Gasteiger partial charge in [0, 0.05) is 36.2 Å². The minimum absolute atomic E-state index is 0.0191. The highest BCUT2D eigenvalue weighted by Gasteiger charge is 2.19. The van der Waals surface area contributed by atoms with E-state index in [1.54, 1.807) is 7.11 Å². The molecule has 0 aliphatic carbocycles. The van der Waals surface area contributed by atoms with Gasteiger partial charge < -0.3 is 14.0 Å². The Kier molecular flexibility index (Phi) is 5.93. The second-order valence-electron chi connectivity index (χ2n) is 5.92. The quantitative estimate of drug-likeness (QED) is 0.415. The second-order valence-corrected chi connectivity index (χ2v) is 5.92. The predicted molar refractivity (Wildman–Crippen MR) is 93.4 cm³/mol. The van der Waals surface area contributed by atoms with E-state index in [4.69, 9.17) is 9.47 Å². The summed E-state index contributed by atoms with van der Waals surface area (Å²) in [4.78, 5) is 22.6. The van der Waals surface area contributed by atoms with Crippen LogP contribution in [0.25, 0.3) is 0 Å². The molecule has 7 heteroatoms. The van der Waals surface area contributed by atoms with Crippen molar-refractivity contribution in [3.8, 4) is 5.75 Å². The molecule has 2 aromatic rings. The number of nitrogens with zero attached hydrogens (tertiary/aromatic N) is 2. The monoisotopic (exact) mass is 346 g/mol. The number of carbonyl (C=O) groups is 1. The maximum atomic E-state index is 12.5. The van der Waals surface area contributed by atoms with Gasteiger partial charge in [0.05, 0.1) is 17.6 Å². The summed E-state index contributed by atoms with van der Waals surface area (Å²) >= 11 is 0. The Balaban J connectivity index is 2.08. The molecule has 7 nitrogen and oxygen atoms in total. The zero-order valence-corrected chi connectivity index (χ0v) is 14.8. The van der Waals surface area contributed by atoms with Crippen molar-refractivity contribution in [1.29, 1.82) is 0 Å². The van der Waals surface area contributed by atoms with Gasteiger partial charge in [0.1, 0.15) is 5.75 Å². The molecule has 0 N–H and O–H groups in total. The number of Topliss-reactive ketones (excluding diaryl/α,β-unsaturated/α-hetero) is 1. The Labute approximate surface area is 146 Å². The van der Waals surface area contributed by atoms with Crippen LogP contribution in [0.4, 0.5) is 5.69 Å². The van der Waals surface area contributed by atoms with Crippen LogP contribution in [-0.4, -0.2) is 35.6 Å². The molecule has 0 spiro atoms. The van der Waals surface area contributed by atoms with E-state index in [1.807, 2.05) is 26.8 Å². The second kappa shape index (κ2) is 7.94. The first kappa shape index (κ1) is 18.7. The molecule has 0 amide bonds. The van der Waals surface area contributed by atoms with Crippen LogP contribution in [0.1, 0.15) is 34.7 Å². The van der Waals surface area contributed by atoms with Crippen LogP contribution < -0.4 is 4.74 Å². The molecule has 1 heterocycles. The van der Waals surface area contributed by atoms with Crippen molar-refractivity contribution in [1.82, 2.24) is 4.57 Å². The number of rotatable bonds is 8. The van der Waals surface area contributed by atoms with E-state index >= 15 is 0 Å². The van der Waals surface area contributed by atoms with Gasteiger partial charge in [-0.25, -0.2) is 0 Å². The molecule has 0 bridgehead atoms. The topological polar surface area (TPSA) is 83.6 Å². The minimum atomic E-state index is -0.481. The van der Waals surface area contributed by atoms with E-state index in [9.17, 15) is 14.9 Å². The Hall–Kier alpha value is -2.67. The average Bonchev–Trinajstić information content (AvgIpc) is 2.88. The number of benzene rings is 1. The van der Waals surface area contributed by atoms with Crippen LogP contribution in [0.15, 0.2) is 30.3 Å². The maximum Gasteiger partial charge on any atom is 0.269 e. The lowest BCUT2D eigenvalue weighted by Gasteiger charge is -2.17. The number of methoxy groups -OCH3 is 1. The molecule has 2 rings (SSSR count). The van der Waals surface area contributed by atoms with Gasteiger partial charge in [0.2, 0.25) is 5.78 Å². The number of nitro benzene ring substituents is 1. The molecule has 0 saturated heterocycles. The highest BCUT2D eigenvalue weighted by molar-refractivity contribution is 5.98. The van der Waals surface area contributed by atoms with Crippen LogP contribution in [0.5, 0.6) is 5.75 Å². The third-order valence-corrected chi connectivity index (χ3v) is 4.05. The molecule has 1 unspecified atom stereocenters. The molecule has 1 aromatic carbocycles. The highest BCUT2D eigenvalue weighted by atomic mass is 16.6. The molecule has 0 saturated carbocycles. The van der Waals surface area contributed by atoms with Crippen LogP contribution in [0, 0.1) is 24.0 Å². The highest BCUT2D eigenvalue weighted by Crippen LogP contribution is 2.22. The first-order valence-corrected chi connectivity index (χ1v) is 7.93. The largest absolute Gasteiger partial charge is 0.485 e. The smallest absolute Gasteiger partial charge is 0.269 e. The molecule has 1 atom stereocenters. The summed E-state index contributed by atoms with van der Waals surface area (Å²) in [6.07, 6.45) is 0. The van der Waals surface area contributed by atoms with Crippen molar-refractivity contribution in [3.05, 3.63) is 57.4 Å². The zero-order valence-electron chi connectivity index (χ0n) is 14.8.